The molecule has 0 atom stereocenters. The van der Waals surface area contributed by atoms with Gasteiger partial charge in [-0.2, -0.15) is 0 Å². The summed E-state index contributed by atoms with van der Waals surface area (Å²) in [5, 5.41) is 16.6. The lowest BCUT2D eigenvalue weighted by molar-refractivity contribution is 0.251. The Morgan fingerprint density at radius 2 is 2.04 bits per heavy atom. The monoisotopic (exact) mass is 340 g/mol. The lowest BCUT2D eigenvalue weighted by Gasteiger charge is -2.11. The van der Waals surface area contributed by atoms with Crippen molar-refractivity contribution in [3.8, 4) is 5.69 Å². The molecule has 9 heteroatoms. The summed E-state index contributed by atoms with van der Waals surface area (Å²) in [5.41, 5.74) is 1.49. The first-order valence-electron chi connectivity index (χ1n) is 8.00. The Morgan fingerprint density at radius 1 is 1.24 bits per heavy atom. The topological polar surface area (TPSA) is 103 Å². The molecule has 0 aliphatic carbocycles. The Hall–Kier alpha value is -3.23. The van der Waals surface area contributed by atoms with Gasteiger partial charge in [0.15, 0.2) is 0 Å². The molecule has 2 amide bonds. The number of carbonyl (C=O) groups excluding carboxylic acids is 1. The number of nitrogens with zero attached hydrogens (tertiary/aromatic N) is 6. The van der Waals surface area contributed by atoms with E-state index in [-0.39, 0.29) is 6.03 Å². The van der Waals surface area contributed by atoms with Gasteiger partial charge in [-0.05, 0) is 40.6 Å². The van der Waals surface area contributed by atoms with Crippen molar-refractivity contribution in [2.24, 2.45) is 5.92 Å². The van der Waals surface area contributed by atoms with Gasteiger partial charge in [0, 0.05) is 24.6 Å². The largest absolute Gasteiger partial charge is 0.333 e. The Morgan fingerprint density at radius 3 is 2.72 bits per heavy atom. The molecular weight excluding hydrogens is 320 g/mol. The van der Waals surface area contributed by atoms with E-state index in [1.54, 1.807) is 23.0 Å². The number of imidazole rings is 1. The second-order valence-electron chi connectivity index (χ2n) is 6.00. The summed E-state index contributed by atoms with van der Waals surface area (Å²) in [4.78, 5) is 16.3. The first-order valence-corrected chi connectivity index (χ1v) is 8.00. The molecule has 0 aliphatic rings. The molecule has 2 N–H and O–H groups in total. The van der Waals surface area contributed by atoms with Gasteiger partial charge >= 0.3 is 6.03 Å². The maximum absolute atomic E-state index is 12.1. The van der Waals surface area contributed by atoms with E-state index in [1.165, 1.54) is 6.33 Å². The third-order valence-corrected chi connectivity index (χ3v) is 3.51. The number of carbonyl (C=O) groups is 1. The van der Waals surface area contributed by atoms with Crippen molar-refractivity contribution in [3.63, 3.8) is 0 Å². The predicted octanol–water partition coefficient (Wildman–Crippen LogP) is 1.84. The normalized spacial score (nSPS) is 10.8. The van der Waals surface area contributed by atoms with E-state index in [0.29, 0.717) is 18.2 Å². The van der Waals surface area contributed by atoms with Crippen molar-refractivity contribution in [2.45, 2.75) is 26.9 Å². The van der Waals surface area contributed by atoms with Crippen LogP contribution in [0.15, 0.2) is 43.0 Å². The Bertz CT molecular complexity index is 807. The van der Waals surface area contributed by atoms with E-state index in [0.717, 1.165) is 18.1 Å². The molecule has 0 radical (unpaired) electrons. The molecular formula is C16H20N8O. The SMILES string of the molecule is CC(C)Cn1ccnc1CNC(=O)Nc1ccc(-n2cnnn2)cc1. The van der Waals surface area contributed by atoms with Crippen LogP contribution in [0.4, 0.5) is 10.5 Å². The van der Waals surface area contributed by atoms with Crippen molar-refractivity contribution >= 4 is 11.7 Å². The van der Waals surface area contributed by atoms with Crippen molar-refractivity contribution in [1.29, 1.82) is 0 Å². The van der Waals surface area contributed by atoms with Gasteiger partial charge in [0.1, 0.15) is 12.2 Å². The number of anilines is 1. The van der Waals surface area contributed by atoms with Crippen LogP contribution in [0.2, 0.25) is 0 Å². The maximum Gasteiger partial charge on any atom is 0.319 e. The van der Waals surface area contributed by atoms with Crippen LogP contribution in [0.5, 0.6) is 0 Å². The molecule has 0 unspecified atom stereocenters. The summed E-state index contributed by atoms with van der Waals surface area (Å²) in [7, 11) is 0. The quantitative estimate of drug-likeness (QED) is 0.713. The summed E-state index contributed by atoms with van der Waals surface area (Å²) in [6, 6.07) is 6.93. The molecule has 0 saturated heterocycles. The molecule has 0 saturated carbocycles. The highest BCUT2D eigenvalue weighted by atomic mass is 16.2. The summed E-state index contributed by atoms with van der Waals surface area (Å²) in [6.45, 7) is 5.53. The van der Waals surface area contributed by atoms with Crippen LogP contribution >= 0.6 is 0 Å². The van der Waals surface area contributed by atoms with Crippen LogP contribution < -0.4 is 10.6 Å². The van der Waals surface area contributed by atoms with Crippen LogP contribution in [-0.2, 0) is 13.1 Å². The molecule has 0 bridgehead atoms. The second-order valence-corrected chi connectivity index (χ2v) is 6.00. The van der Waals surface area contributed by atoms with E-state index in [4.69, 9.17) is 0 Å². The lowest BCUT2D eigenvalue weighted by Crippen LogP contribution is -2.29. The lowest BCUT2D eigenvalue weighted by atomic mass is 10.2. The Labute approximate surface area is 145 Å². The Balaban J connectivity index is 1.53. The maximum atomic E-state index is 12.1. The van der Waals surface area contributed by atoms with Crippen LogP contribution in [0.1, 0.15) is 19.7 Å². The summed E-state index contributed by atoms with van der Waals surface area (Å²) < 4.78 is 3.59. The van der Waals surface area contributed by atoms with Crippen LogP contribution in [-0.4, -0.2) is 35.8 Å². The van der Waals surface area contributed by atoms with Gasteiger partial charge in [-0.1, -0.05) is 13.8 Å². The zero-order chi connectivity index (χ0) is 17.6. The zero-order valence-electron chi connectivity index (χ0n) is 14.1. The summed E-state index contributed by atoms with van der Waals surface area (Å²) >= 11 is 0. The van der Waals surface area contributed by atoms with Gasteiger partial charge in [0.05, 0.1) is 12.2 Å². The predicted molar refractivity (Wildman–Crippen MR) is 92.1 cm³/mol. The molecule has 0 fully saturated rings. The van der Waals surface area contributed by atoms with E-state index in [2.05, 4.69) is 45.0 Å². The first-order chi connectivity index (χ1) is 12.1. The van der Waals surface area contributed by atoms with Crippen LogP contribution in [0.25, 0.3) is 5.69 Å². The molecule has 25 heavy (non-hydrogen) atoms. The van der Waals surface area contributed by atoms with Crippen molar-refractivity contribution in [1.82, 2.24) is 35.1 Å². The van der Waals surface area contributed by atoms with Gasteiger partial charge in [0.25, 0.3) is 0 Å². The highest BCUT2D eigenvalue weighted by molar-refractivity contribution is 5.89. The fourth-order valence-electron chi connectivity index (χ4n) is 2.38. The van der Waals surface area contributed by atoms with Crippen molar-refractivity contribution in [2.75, 3.05) is 5.32 Å². The minimum absolute atomic E-state index is 0.283. The second kappa shape index (κ2) is 7.56. The highest BCUT2D eigenvalue weighted by Gasteiger charge is 2.07. The minimum atomic E-state index is -0.283. The summed E-state index contributed by atoms with van der Waals surface area (Å²) in [6.07, 6.45) is 5.18. The number of rotatable bonds is 6. The van der Waals surface area contributed by atoms with Gasteiger partial charge in [-0.3, -0.25) is 0 Å². The molecule has 9 nitrogen and oxygen atoms in total. The number of benzene rings is 1. The number of hydrogen-bond acceptors (Lipinski definition) is 5. The average molecular weight is 340 g/mol. The molecule has 2 aromatic heterocycles. The van der Waals surface area contributed by atoms with Crippen LogP contribution in [0, 0.1) is 5.92 Å². The standard InChI is InChI=1S/C16H20N8O/c1-12(2)10-23-8-7-17-15(23)9-18-16(25)20-13-3-5-14(6-4-13)24-11-19-21-22-24/h3-8,11-12H,9-10H2,1-2H3,(H2,18,20,25). The summed E-state index contributed by atoms with van der Waals surface area (Å²) in [5.74, 6) is 1.35. The smallest absolute Gasteiger partial charge is 0.319 e. The highest BCUT2D eigenvalue weighted by Crippen LogP contribution is 2.12. The molecule has 3 aromatic rings. The van der Waals surface area contributed by atoms with E-state index in [9.17, 15) is 4.79 Å². The van der Waals surface area contributed by atoms with Gasteiger partial charge < -0.3 is 15.2 Å². The number of tetrazole rings is 1. The minimum Gasteiger partial charge on any atom is -0.333 e. The van der Waals surface area contributed by atoms with E-state index >= 15 is 0 Å². The number of amides is 2. The first kappa shape index (κ1) is 16.6. The third-order valence-electron chi connectivity index (χ3n) is 3.51. The number of aromatic nitrogens is 6. The molecule has 2 heterocycles. The molecule has 1 aromatic carbocycles. The number of urea groups is 1. The van der Waals surface area contributed by atoms with E-state index < -0.39 is 0 Å². The van der Waals surface area contributed by atoms with Gasteiger partial charge in [0.2, 0.25) is 0 Å². The van der Waals surface area contributed by atoms with Crippen LogP contribution in [0.3, 0.4) is 0 Å². The van der Waals surface area contributed by atoms with E-state index in [1.807, 2.05) is 22.9 Å². The fourth-order valence-corrected chi connectivity index (χ4v) is 2.38. The van der Waals surface area contributed by atoms with Crippen molar-refractivity contribution in [3.05, 3.63) is 48.8 Å². The molecule has 3 rings (SSSR count). The number of hydrogen-bond donors (Lipinski definition) is 2. The average Bonchev–Trinajstić information content (AvgIpc) is 3.25. The number of nitrogens with one attached hydrogen (secondary N) is 2. The zero-order valence-corrected chi connectivity index (χ0v) is 14.1. The van der Waals surface area contributed by atoms with Gasteiger partial charge in [-0.15, -0.1) is 5.10 Å². The molecule has 0 spiro atoms. The van der Waals surface area contributed by atoms with Crippen molar-refractivity contribution < 1.29 is 4.79 Å². The Kier molecular flexibility index (Phi) is 5.03. The fraction of sp³-hybridized carbons (Fsp3) is 0.312. The van der Waals surface area contributed by atoms with Gasteiger partial charge in [-0.25, -0.2) is 14.5 Å². The molecule has 130 valence electrons. The third kappa shape index (κ3) is 4.40. The molecule has 0 aliphatic heterocycles.